The van der Waals surface area contributed by atoms with Crippen molar-refractivity contribution in [2.75, 3.05) is 19.8 Å². The third-order valence-electron chi connectivity index (χ3n) is 2.19. The van der Waals surface area contributed by atoms with Gasteiger partial charge in [-0.3, -0.25) is 0 Å². The summed E-state index contributed by atoms with van der Waals surface area (Å²) < 4.78 is 16.2. The predicted octanol–water partition coefficient (Wildman–Crippen LogP) is 0.530. The Hall–Kier alpha value is -0.910. The summed E-state index contributed by atoms with van der Waals surface area (Å²) in [6.45, 7) is 3.97. The molecule has 1 atom stereocenters. The highest BCUT2D eigenvalue weighted by atomic mass is 16.6. The van der Waals surface area contributed by atoms with Gasteiger partial charge in [-0.25, -0.2) is 4.98 Å². The quantitative estimate of drug-likeness (QED) is 0.750. The van der Waals surface area contributed by atoms with E-state index in [1.165, 1.54) is 0 Å². The molecular weight excluding hydrogens is 184 g/mol. The molecule has 0 amide bonds. The van der Waals surface area contributed by atoms with Crippen molar-refractivity contribution in [1.29, 1.82) is 0 Å². The van der Waals surface area contributed by atoms with Crippen LogP contribution >= 0.6 is 0 Å². The summed E-state index contributed by atoms with van der Waals surface area (Å²) in [5.74, 6) is 1.29. The Balaban J connectivity index is 2.14. The van der Waals surface area contributed by atoms with Crippen molar-refractivity contribution >= 4 is 0 Å². The maximum atomic E-state index is 5.49. The van der Waals surface area contributed by atoms with E-state index in [0.29, 0.717) is 38.0 Å². The molecule has 0 aromatic carbocycles. The zero-order valence-corrected chi connectivity index (χ0v) is 8.16. The van der Waals surface area contributed by atoms with Crippen molar-refractivity contribution in [2.45, 2.75) is 19.6 Å². The van der Waals surface area contributed by atoms with E-state index in [0.717, 1.165) is 5.69 Å². The monoisotopic (exact) mass is 198 g/mol. The first-order chi connectivity index (χ1) is 6.81. The summed E-state index contributed by atoms with van der Waals surface area (Å²) in [6.07, 6.45) is -0.178. The van der Waals surface area contributed by atoms with Crippen molar-refractivity contribution < 1.29 is 13.9 Å². The molecule has 1 saturated heterocycles. The minimum absolute atomic E-state index is 0.178. The molecule has 2 heterocycles. The van der Waals surface area contributed by atoms with Gasteiger partial charge in [0.05, 0.1) is 32.1 Å². The normalized spacial score (nSPS) is 22.6. The molecule has 0 bridgehead atoms. The van der Waals surface area contributed by atoms with Crippen LogP contribution in [0.15, 0.2) is 4.42 Å². The molecule has 0 radical (unpaired) electrons. The van der Waals surface area contributed by atoms with Crippen LogP contribution in [0.2, 0.25) is 0 Å². The Bertz CT molecular complexity index is 305. The van der Waals surface area contributed by atoms with Gasteiger partial charge in [0.25, 0.3) is 0 Å². The molecule has 1 fully saturated rings. The van der Waals surface area contributed by atoms with Crippen LogP contribution in [0.3, 0.4) is 0 Å². The molecule has 1 aliphatic rings. The van der Waals surface area contributed by atoms with Crippen molar-refractivity contribution in [3.8, 4) is 0 Å². The number of oxazole rings is 1. The molecule has 1 aromatic rings. The fraction of sp³-hybridized carbons (Fsp3) is 0.667. The molecule has 14 heavy (non-hydrogen) atoms. The Morgan fingerprint density at radius 1 is 1.50 bits per heavy atom. The van der Waals surface area contributed by atoms with Crippen molar-refractivity contribution in [3.63, 3.8) is 0 Å². The number of nitrogens with zero attached hydrogens (tertiary/aromatic N) is 1. The van der Waals surface area contributed by atoms with E-state index < -0.39 is 0 Å². The maximum Gasteiger partial charge on any atom is 0.226 e. The van der Waals surface area contributed by atoms with Crippen molar-refractivity contribution in [2.24, 2.45) is 5.73 Å². The van der Waals surface area contributed by atoms with Crippen molar-refractivity contribution in [3.05, 3.63) is 17.3 Å². The standard InChI is InChI=1S/C9H14N2O3/c1-6-7(4-10)14-9(11-6)8-5-12-2-3-13-8/h8H,2-5,10H2,1H3. The van der Waals surface area contributed by atoms with Gasteiger partial charge in [0.15, 0.2) is 6.10 Å². The van der Waals surface area contributed by atoms with E-state index in [1.807, 2.05) is 6.92 Å². The molecule has 2 rings (SSSR count). The minimum atomic E-state index is -0.178. The average Bonchev–Trinajstić information content (AvgIpc) is 2.61. The lowest BCUT2D eigenvalue weighted by atomic mass is 10.3. The lowest BCUT2D eigenvalue weighted by Gasteiger charge is -2.19. The van der Waals surface area contributed by atoms with E-state index in [4.69, 9.17) is 19.6 Å². The molecule has 0 spiro atoms. The zero-order chi connectivity index (χ0) is 9.97. The van der Waals surface area contributed by atoms with Crippen LogP contribution in [0, 0.1) is 6.92 Å². The van der Waals surface area contributed by atoms with Gasteiger partial charge in [-0.05, 0) is 6.92 Å². The highest BCUT2D eigenvalue weighted by molar-refractivity contribution is 5.08. The van der Waals surface area contributed by atoms with Crippen LogP contribution in [0.5, 0.6) is 0 Å². The number of rotatable bonds is 2. The Kier molecular flexibility index (Phi) is 2.81. The minimum Gasteiger partial charge on any atom is -0.441 e. The second-order valence-corrected chi connectivity index (χ2v) is 3.20. The van der Waals surface area contributed by atoms with Crippen LogP contribution in [0.1, 0.15) is 23.4 Å². The number of ether oxygens (including phenoxy) is 2. The van der Waals surface area contributed by atoms with Crippen LogP contribution in [-0.2, 0) is 16.0 Å². The predicted molar refractivity (Wildman–Crippen MR) is 48.6 cm³/mol. The van der Waals surface area contributed by atoms with Gasteiger partial charge in [0.1, 0.15) is 5.76 Å². The second-order valence-electron chi connectivity index (χ2n) is 3.20. The highest BCUT2D eigenvalue weighted by Crippen LogP contribution is 2.22. The van der Waals surface area contributed by atoms with Crippen LogP contribution in [-0.4, -0.2) is 24.8 Å². The molecule has 1 unspecified atom stereocenters. The van der Waals surface area contributed by atoms with Gasteiger partial charge >= 0.3 is 0 Å². The van der Waals surface area contributed by atoms with E-state index in [9.17, 15) is 0 Å². The van der Waals surface area contributed by atoms with E-state index in [1.54, 1.807) is 0 Å². The summed E-state index contributed by atoms with van der Waals surface area (Å²) in [7, 11) is 0. The maximum absolute atomic E-state index is 5.49. The first kappa shape index (κ1) is 9.64. The van der Waals surface area contributed by atoms with Crippen LogP contribution < -0.4 is 5.73 Å². The molecule has 0 saturated carbocycles. The second kappa shape index (κ2) is 4.08. The summed E-state index contributed by atoms with van der Waals surface area (Å²) in [4.78, 5) is 4.25. The smallest absolute Gasteiger partial charge is 0.226 e. The van der Waals surface area contributed by atoms with Gasteiger partial charge in [-0.2, -0.15) is 0 Å². The summed E-state index contributed by atoms with van der Waals surface area (Å²) >= 11 is 0. The average molecular weight is 198 g/mol. The van der Waals surface area contributed by atoms with Crippen LogP contribution in [0.4, 0.5) is 0 Å². The fourth-order valence-electron chi connectivity index (χ4n) is 1.41. The fourth-order valence-corrected chi connectivity index (χ4v) is 1.41. The number of aromatic nitrogens is 1. The molecule has 1 aliphatic heterocycles. The molecule has 78 valence electrons. The first-order valence-corrected chi connectivity index (χ1v) is 4.67. The van der Waals surface area contributed by atoms with Gasteiger partial charge in [0, 0.05) is 0 Å². The van der Waals surface area contributed by atoms with Gasteiger partial charge < -0.3 is 19.6 Å². The SMILES string of the molecule is Cc1nc(C2COCCO2)oc1CN. The Morgan fingerprint density at radius 2 is 2.36 bits per heavy atom. The van der Waals surface area contributed by atoms with Crippen molar-refractivity contribution in [1.82, 2.24) is 4.98 Å². The molecule has 2 N–H and O–H groups in total. The van der Waals surface area contributed by atoms with Gasteiger partial charge in [-0.1, -0.05) is 0 Å². The number of aryl methyl sites for hydroxylation is 1. The molecule has 0 aliphatic carbocycles. The van der Waals surface area contributed by atoms with E-state index >= 15 is 0 Å². The number of nitrogens with two attached hydrogens (primary N) is 1. The summed E-state index contributed by atoms with van der Waals surface area (Å²) in [5, 5.41) is 0. The van der Waals surface area contributed by atoms with Gasteiger partial charge in [0.2, 0.25) is 5.89 Å². The zero-order valence-electron chi connectivity index (χ0n) is 8.16. The van der Waals surface area contributed by atoms with E-state index in [-0.39, 0.29) is 6.10 Å². The number of hydrogen-bond acceptors (Lipinski definition) is 5. The lowest BCUT2D eigenvalue weighted by molar-refractivity contribution is -0.0998. The van der Waals surface area contributed by atoms with Crippen LogP contribution in [0.25, 0.3) is 0 Å². The largest absolute Gasteiger partial charge is 0.441 e. The van der Waals surface area contributed by atoms with E-state index in [2.05, 4.69) is 4.98 Å². The summed E-state index contributed by atoms with van der Waals surface area (Å²) in [6, 6.07) is 0. The highest BCUT2D eigenvalue weighted by Gasteiger charge is 2.22. The third-order valence-corrected chi connectivity index (χ3v) is 2.19. The summed E-state index contributed by atoms with van der Waals surface area (Å²) in [5.41, 5.74) is 6.32. The third kappa shape index (κ3) is 1.79. The molecule has 1 aromatic heterocycles. The first-order valence-electron chi connectivity index (χ1n) is 4.67. The topological polar surface area (TPSA) is 70.5 Å². The molecular formula is C9H14N2O3. The Morgan fingerprint density at radius 3 is 2.93 bits per heavy atom. The number of hydrogen-bond donors (Lipinski definition) is 1. The lowest BCUT2D eigenvalue weighted by Crippen LogP contribution is -2.22. The Labute approximate surface area is 82.2 Å². The molecule has 5 heteroatoms. The molecule has 5 nitrogen and oxygen atoms in total. The van der Waals surface area contributed by atoms with Gasteiger partial charge in [-0.15, -0.1) is 0 Å².